The van der Waals surface area contributed by atoms with Crippen LogP contribution < -0.4 is 0 Å². The molecule has 3 saturated heterocycles. The van der Waals surface area contributed by atoms with Crippen LogP contribution in [0.5, 0.6) is 0 Å². The summed E-state index contributed by atoms with van der Waals surface area (Å²) in [6.07, 6.45) is 2.82. The van der Waals surface area contributed by atoms with Crippen molar-refractivity contribution in [3.63, 3.8) is 0 Å². The highest BCUT2D eigenvalue weighted by molar-refractivity contribution is 5.81. The molecule has 3 nitrogen and oxygen atoms in total. The van der Waals surface area contributed by atoms with Crippen LogP contribution >= 0.6 is 0 Å². The minimum absolute atomic E-state index is 0.286. The Morgan fingerprint density at radius 3 is 2.62 bits per heavy atom. The van der Waals surface area contributed by atoms with Crippen LogP contribution in [-0.4, -0.2) is 40.2 Å². The number of pyridine rings is 1. The van der Waals surface area contributed by atoms with Crippen LogP contribution in [0.2, 0.25) is 0 Å². The highest BCUT2D eigenvalue weighted by Gasteiger charge is 2.44. The first-order valence-electron chi connectivity index (χ1n) is 10.5. The summed E-state index contributed by atoms with van der Waals surface area (Å²) in [7, 11) is 0. The summed E-state index contributed by atoms with van der Waals surface area (Å²) in [5.41, 5.74) is 4.43. The zero-order valence-electron chi connectivity index (χ0n) is 16.9. The third kappa shape index (κ3) is 3.67. The van der Waals surface area contributed by atoms with Crippen LogP contribution in [-0.2, 0) is 6.42 Å². The zero-order valence-corrected chi connectivity index (χ0v) is 16.9. The number of aromatic nitrogens is 1. The van der Waals surface area contributed by atoms with Gasteiger partial charge in [-0.15, -0.1) is 0 Å². The quantitative estimate of drug-likeness (QED) is 0.682. The minimum atomic E-state index is -0.900. The van der Waals surface area contributed by atoms with E-state index in [0.29, 0.717) is 6.54 Å². The molecule has 146 valence electrons. The fourth-order valence-corrected chi connectivity index (χ4v) is 4.71. The van der Waals surface area contributed by atoms with Crippen LogP contribution in [0.15, 0.2) is 54.6 Å². The third-order valence-electron chi connectivity index (χ3n) is 6.41. The van der Waals surface area contributed by atoms with Crippen molar-refractivity contribution in [3.8, 4) is 11.8 Å². The lowest BCUT2D eigenvalue weighted by Gasteiger charge is -2.47. The molecule has 0 aliphatic carbocycles. The van der Waals surface area contributed by atoms with E-state index in [1.807, 2.05) is 6.07 Å². The molecule has 3 heteroatoms. The van der Waals surface area contributed by atoms with Gasteiger partial charge in [0.05, 0.1) is 11.2 Å². The zero-order chi connectivity index (χ0) is 19.8. The molecule has 3 fully saturated rings. The molecule has 3 aromatic rings. The lowest BCUT2D eigenvalue weighted by molar-refractivity contribution is -0.0713. The van der Waals surface area contributed by atoms with Crippen LogP contribution in [0.25, 0.3) is 10.9 Å². The molecule has 2 aromatic carbocycles. The van der Waals surface area contributed by atoms with E-state index in [0.717, 1.165) is 54.5 Å². The van der Waals surface area contributed by atoms with Crippen LogP contribution in [0.1, 0.15) is 35.2 Å². The van der Waals surface area contributed by atoms with Crippen molar-refractivity contribution < 1.29 is 5.11 Å². The molecule has 1 atom stereocenters. The summed E-state index contributed by atoms with van der Waals surface area (Å²) in [4.78, 5) is 7.31. The summed E-state index contributed by atoms with van der Waals surface area (Å²) in [6, 6.07) is 18.9. The van der Waals surface area contributed by atoms with Gasteiger partial charge in [0.25, 0.3) is 0 Å². The van der Waals surface area contributed by atoms with Gasteiger partial charge in [-0.3, -0.25) is 9.88 Å². The van der Waals surface area contributed by atoms with Crippen molar-refractivity contribution in [2.75, 3.05) is 19.6 Å². The van der Waals surface area contributed by atoms with Gasteiger partial charge >= 0.3 is 0 Å². The van der Waals surface area contributed by atoms with Crippen molar-refractivity contribution >= 4 is 10.9 Å². The predicted octanol–water partition coefficient (Wildman–Crippen LogP) is 3.94. The predicted molar refractivity (Wildman–Crippen MR) is 117 cm³/mol. The maximum absolute atomic E-state index is 11.2. The van der Waals surface area contributed by atoms with Crippen molar-refractivity contribution in [1.82, 2.24) is 9.88 Å². The third-order valence-corrected chi connectivity index (χ3v) is 6.41. The van der Waals surface area contributed by atoms with Crippen LogP contribution in [0.4, 0.5) is 0 Å². The van der Waals surface area contributed by atoms with Gasteiger partial charge < -0.3 is 5.11 Å². The summed E-state index contributed by atoms with van der Waals surface area (Å²) >= 11 is 0. The summed E-state index contributed by atoms with van der Waals surface area (Å²) < 4.78 is 0. The van der Waals surface area contributed by atoms with Crippen molar-refractivity contribution in [2.24, 2.45) is 5.92 Å². The average Bonchev–Trinajstić information content (AvgIpc) is 2.74. The molecule has 0 spiro atoms. The number of hydrogen-bond acceptors (Lipinski definition) is 3. The lowest BCUT2D eigenvalue weighted by atomic mass is 9.75. The standard InChI is InChI=1S/C26H26N2O/c1-19-7-8-21-17-22(9-12-26(29)18-28-13-10-23(26)11-14-28)25(27-24(21)15-19)16-20-5-3-2-4-6-20/h2-8,15,17,23,29H,10-11,13-14,16,18H2,1H3. The maximum Gasteiger partial charge on any atom is 0.141 e. The van der Waals surface area contributed by atoms with E-state index in [1.165, 1.54) is 11.1 Å². The number of nitrogens with zero attached hydrogens (tertiary/aromatic N) is 2. The first-order chi connectivity index (χ1) is 14.1. The van der Waals surface area contributed by atoms with E-state index in [9.17, 15) is 5.11 Å². The summed E-state index contributed by atoms with van der Waals surface area (Å²) in [5, 5.41) is 12.3. The molecule has 0 radical (unpaired) electrons. The Labute approximate surface area is 172 Å². The fraction of sp³-hybridized carbons (Fsp3) is 0.346. The number of hydrogen-bond donors (Lipinski definition) is 1. The monoisotopic (exact) mass is 382 g/mol. The van der Waals surface area contributed by atoms with E-state index >= 15 is 0 Å². The molecule has 0 saturated carbocycles. The number of fused-ring (bicyclic) bond motifs is 4. The van der Waals surface area contributed by atoms with Gasteiger partial charge in [0.2, 0.25) is 0 Å². The van der Waals surface area contributed by atoms with Gasteiger partial charge in [0, 0.05) is 29.8 Å². The molecule has 2 bridgehead atoms. The number of rotatable bonds is 2. The smallest absolute Gasteiger partial charge is 0.141 e. The number of aliphatic hydroxyl groups is 1. The fourth-order valence-electron chi connectivity index (χ4n) is 4.71. The van der Waals surface area contributed by atoms with E-state index < -0.39 is 5.60 Å². The molecule has 3 aliphatic rings. The number of piperidine rings is 3. The Hall–Kier alpha value is -2.67. The lowest BCUT2D eigenvalue weighted by Crippen LogP contribution is -2.58. The topological polar surface area (TPSA) is 36.4 Å². The van der Waals surface area contributed by atoms with Crippen LogP contribution in [0.3, 0.4) is 0 Å². The average molecular weight is 383 g/mol. The van der Waals surface area contributed by atoms with Gasteiger partial charge in [-0.1, -0.05) is 54.3 Å². The molecular formula is C26H26N2O. The van der Waals surface area contributed by atoms with Gasteiger partial charge in [0.15, 0.2) is 0 Å². The van der Waals surface area contributed by atoms with Gasteiger partial charge in [-0.2, -0.15) is 0 Å². The van der Waals surface area contributed by atoms with Crippen molar-refractivity contribution in [2.45, 2.75) is 31.8 Å². The second-order valence-electron chi connectivity index (χ2n) is 8.57. The molecule has 1 aromatic heterocycles. The van der Waals surface area contributed by atoms with Crippen molar-refractivity contribution in [3.05, 3.63) is 77.0 Å². The Morgan fingerprint density at radius 1 is 1.10 bits per heavy atom. The largest absolute Gasteiger partial charge is 0.376 e. The van der Waals surface area contributed by atoms with E-state index in [-0.39, 0.29) is 5.92 Å². The Bertz CT molecular complexity index is 1100. The molecule has 3 aliphatic heterocycles. The summed E-state index contributed by atoms with van der Waals surface area (Å²) in [5.74, 6) is 6.90. The minimum Gasteiger partial charge on any atom is -0.376 e. The van der Waals surface area contributed by atoms with E-state index in [4.69, 9.17) is 4.98 Å². The van der Waals surface area contributed by atoms with E-state index in [1.54, 1.807) is 0 Å². The van der Waals surface area contributed by atoms with Gasteiger partial charge in [-0.05, 0) is 56.1 Å². The molecule has 0 amide bonds. The van der Waals surface area contributed by atoms with Crippen molar-refractivity contribution in [1.29, 1.82) is 0 Å². The van der Waals surface area contributed by atoms with Crippen LogP contribution in [0, 0.1) is 24.7 Å². The van der Waals surface area contributed by atoms with Gasteiger partial charge in [-0.25, -0.2) is 0 Å². The number of benzene rings is 2. The molecule has 6 rings (SSSR count). The first-order valence-corrected chi connectivity index (χ1v) is 10.5. The maximum atomic E-state index is 11.2. The molecule has 29 heavy (non-hydrogen) atoms. The normalized spacial score (nSPS) is 25.6. The SMILES string of the molecule is Cc1ccc2cc(C#CC3(O)CN4CCC3CC4)c(Cc3ccccc3)nc2c1. The van der Waals surface area contributed by atoms with Gasteiger partial charge in [0.1, 0.15) is 5.60 Å². The highest BCUT2D eigenvalue weighted by atomic mass is 16.3. The molecular weight excluding hydrogens is 356 g/mol. The second kappa shape index (κ2) is 7.30. The Morgan fingerprint density at radius 2 is 1.90 bits per heavy atom. The second-order valence-corrected chi connectivity index (χ2v) is 8.57. The first kappa shape index (κ1) is 18.4. The molecule has 1 unspecified atom stereocenters. The number of aryl methyl sites for hydroxylation is 1. The van der Waals surface area contributed by atoms with E-state index in [2.05, 4.69) is 72.2 Å². The highest BCUT2D eigenvalue weighted by Crippen LogP contribution is 2.35. The summed E-state index contributed by atoms with van der Waals surface area (Å²) in [6.45, 7) is 4.93. The molecule has 1 N–H and O–H groups in total. The Balaban J connectivity index is 1.57. The molecule has 4 heterocycles. The Kier molecular flexibility index (Phi) is 4.62.